The molecule has 18 heavy (non-hydrogen) atoms. The smallest absolute Gasteiger partial charge is 0.0784 e. The van der Waals surface area contributed by atoms with Gasteiger partial charge in [0.1, 0.15) is 0 Å². The number of halogens is 4. The van der Waals surface area contributed by atoms with E-state index in [-0.39, 0.29) is 0 Å². The van der Waals surface area contributed by atoms with E-state index in [0.29, 0.717) is 26.6 Å². The van der Waals surface area contributed by atoms with Crippen LogP contribution in [0.4, 0.5) is 0 Å². The Balaban J connectivity index is 2.65. The van der Waals surface area contributed by atoms with E-state index in [1.165, 1.54) is 0 Å². The summed E-state index contributed by atoms with van der Waals surface area (Å²) >= 11 is 24.3. The summed E-state index contributed by atoms with van der Waals surface area (Å²) < 4.78 is 0. The lowest BCUT2D eigenvalue weighted by atomic mass is 10.0. The van der Waals surface area contributed by atoms with Gasteiger partial charge in [0.25, 0.3) is 0 Å². The standard InChI is InChI=1S/C13H9Cl4N/c14-10-3-1-7(6-18)5-9(10)8-2-4-11(15)13(17)12(8)16/h1-5H,6,18H2. The highest BCUT2D eigenvalue weighted by atomic mass is 35.5. The minimum atomic E-state index is 0.324. The fourth-order valence-electron chi connectivity index (χ4n) is 1.64. The quantitative estimate of drug-likeness (QED) is 0.734. The molecule has 2 rings (SSSR count). The van der Waals surface area contributed by atoms with Crippen molar-refractivity contribution in [2.24, 2.45) is 5.73 Å². The van der Waals surface area contributed by atoms with Crippen LogP contribution in [0.2, 0.25) is 20.1 Å². The zero-order valence-electron chi connectivity index (χ0n) is 9.18. The molecule has 0 bridgehead atoms. The number of nitrogens with two attached hydrogens (primary N) is 1. The molecule has 0 aliphatic carbocycles. The van der Waals surface area contributed by atoms with Crippen molar-refractivity contribution in [2.75, 3.05) is 0 Å². The normalized spacial score (nSPS) is 10.7. The first-order valence-corrected chi connectivity index (χ1v) is 6.68. The maximum atomic E-state index is 6.19. The maximum Gasteiger partial charge on any atom is 0.0784 e. The first-order chi connectivity index (χ1) is 8.54. The third kappa shape index (κ3) is 2.61. The Morgan fingerprint density at radius 2 is 1.44 bits per heavy atom. The topological polar surface area (TPSA) is 26.0 Å². The number of hydrogen-bond acceptors (Lipinski definition) is 1. The summed E-state index contributed by atoms with van der Waals surface area (Å²) in [4.78, 5) is 0. The summed E-state index contributed by atoms with van der Waals surface area (Å²) in [5, 5.41) is 1.72. The van der Waals surface area contributed by atoms with Gasteiger partial charge in [-0.05, 0) is 23.8 Å². The molecule has 0 fully saturated rings. The minimum Gasteiger partial charge on any atom is -0.326 e. The monoisotopic (exact) mass is 319 g/mol. The molecule has 2 aromatic carbocycles. The average molecular weight is 321 g/mol. The maximum absolute atomic E-state index is 6.19. The van der Waals surface area contributed by atoms with Crippen LogP contribution in [-0.2, 0) is 6.54 Å². The molecule has 0 aliphatic rings. The summed E-state index contributed by atoms with van der Waals surface area (Å²) in [6, 6.07) is 9.04. The Bertz CT molecular complexity index is 596. The van der Waals surface area contributed by atoms with Gasteiger partial charge in [-0.2, -0.15) is 0 Å². The minimum absolute atomic E-state index is 0.324. The number of rotatable bonds is 2. The lowest BCUT2D eigenvalue weighted by molar-refractivity contribution is 1.07. The molecular weight excluding hydrogens is 312 g/mol. The van der Waals surface area contributed by atoms with E-state index in [2.05, 4.69) is 0 Å². The molecule has 94 valence electrons. The van der Waals surface area contributed by atoms with Gasteiger partial charge >= 0.3 is 0 Å². The molecule has 0 heterocycles. The van der Waals surface area contributed by atoms with Gasteiger partial charge in [0.2, 0.25) is 0 Å². The fourth-order valence-corrected chi connectivity index (χ4v) is 2.50. The molecule has 0 atom stereocenters. The summed E-state index contributed by atoms with van der Waals surface area (Å²) in [5.74, 6) is 0. The zero-order valence-corrected chi connectivity index (χ0v) is 12.2. The van der Waals surface area contributed by atoms with Crippen LogP contribution in [0.25, 0.3) is 11.1 Å². The van der Waals surface area contributed by atoms with Gasteiger partial charge in [0.15, 0.2) is 0 Å². The van der Waals surface area contributed by atoms with Gasteiger partial charge in [-0.1, -0.05) is 58.5 Å². The molecule has 0 amide bonds. The Kier molecular flexibility index (Phi) is 4.41. The summed E-state index contributed by atoms with van der Waals surface area (Å²) in [6.45, 7) is 0.434. The van der Waals surface area contributed by atoms with E-state index in [9.17, 15) is 0 Å². The SMILES string of the molecule is NCc1ccc(Cl)c(-c2ccc(Cl)c(Cl)c2Cl)c1. The first-order valence-electron chi connectivity index (χ1n) is 5.17. The van der Waals surface area contributed by atoms with Crippen LogP contribution >= 0.6 is 46.4 Å². The van der Waals surface area contributed by atoms with Crippen LogP contribution < -0.4 is 5.73 Å². The van der Waals surface area contributed by atoms with Crippen molar-refractivity contribution in [3.05, 3.63) is 56.0 Å². The Hall–Kier alpha value is -0.440. The van der Waals surface area contributed by atoms with Crippen LogP contribution in [0.3, 0.4) is 0 Å². The van der Waals surface area contributed by atoms with Gasteiger partial charge in [-0.25, -0.2) is 0 Å². The van der Waals surface area contributed by atoms with Crippen LogP contribution in [0, 0.1) is 0 Å². The molecule has 1 nitrogen and oxygen atoms in total. The molecule has 5 heteroatoms. The van der Waals surface area contributed by atoms with Crippen molar-refractivity contribution < 1.29 is 0 Å². The average Bonchev–Trinajstić information content (AvgIpc) is 2.37. The predicted molar refractivity (Wildman–Crippen MR) is 79.8 cm³/mol. The van der Waals surface area contributed by atoms with Crippen molar-refractivity contribution in [1.29, 1.82) is 0 Å². The zero-order chi connectivity index (χ0) is 13.3. The van der Waals surface area contributed by atoms with Crippen molar-refractivity contribution in [1.82, 2.24) is 0 Å². The van der Waals surface area contributed by atoms with E-state index in [1.54, 1.807) is 18.2 Å². The van der Waals surface area contributed by atoms with Crippen LogP contribution in [-0.4, -0.2) is 0 Å². The van der Waals surface area contributed by atoms with Crippen LogP contribution in [0.5, 0.6) is 0 Å². The molecule has 0 unspecified atom stereocenters. The summed E-state index contributed by atoms with van der Waals surface area (Å²) in [7, 11) is 0. The second-order valence-electron chi connectivity index (χ2n) is 3.74. The summed E-state index contributed by atoms with van der Waals surface area (Å²) in [5.41, 5.74) is 8.12. The highest BCUT2D eigenvalue weighted by Crippen LogP contribution is 2.40. The second kappa shape index (κ2) is 5.68. The van der Waals surface area contributed by atoms with Gasteiger partial charge < -0.3 is 5.73 Å². The van der Waals surface area contributed by atoms with Gasteiger partial charge in [-0.15, -0.1) is 0 Å². The van der Waals surface area contributed by atoms with Gasteiger partial charge in [0, 0.05) is 22.7 Å². The lowest BCUT2D eigenvalue weighted by Crippen LogP contribution is -1.96. The second-order valence-corrected chi connectivity index (χ2v) is 5.31. The molecular formula is C13H9Cl4N. The molecule has 0 spiro atoms. The summed E-state index contributed by atoms with van der Waals surface area (Å²) in [6.07, 6.45) is 0. The van der Waals surface area contributed by atoms with Crippen molar-refractivity contribution in [3.8, 4) is 11.1 Å². The van der Waals surface area contributed by atoms with Crippen molar-refractivity contribution in [2.45, 2.75) is 6.54 Å². The molecule has 0 aliphatic heterocycles. The highest BCUT2D eigenvalue weighted by molar-refractivity contribution is 6.49. The van der Waals surface area contributed by atoms with E-state index in [4.69, 9.17) is 52.1 Å². The van der Waals surface area contributed by atoms with Crippen molar-refractivity contribution in [3.63, 3.8) is 0 Å². The molecule has 0 aromatic heterocycles. The van der Waals surface area contributed by atoms with E-state index < -0.39 is 0 Å². The largest absolute Gasteiger partial charge is 0.326 e. The first kappa shape index (κ1) is 14.0. The number of benzene rings is 2. The van der Waals surface area contributed by atoms with E-state index >= 15 is 0 Å². The Morgan fingerprint density at radius 3 is 2.11 bits per heavy atom. The van der Waals surface area contributed by atoms with E-state index in [0.717, 1.165) is 16.7 Å². The van der Waals surface area contributed by atoms with Gasteiger partial charge in [-0.3, -0.25) is 0 Å². The third-order valence-corrected chi connectivity index (χ3v) is 4.22. The fraction of sp³-hybridized carbons (Fsp3) is 0.0769. The lowest BCUT2D eigenvalue weighted by Gasteiger charge is -2.10. The molecule has 0 saturated heterocycles. The molecule has 2 aromatic rings. The predicted octanol–water partition coefficient (Wildman–Crippen LogP) is 5.43. The number of hydrogen-bond donors (Lipinski definition) is 1. The Morgan fingerprint density at radius 1 is 0.778 bits per heavy atom. The molecule has 0 saturated carbocycles. The van der Waals surface area contributed by atoms with Gasteiger partial charge in [0.05, 0.1) is 15.1 Å². The Labute approximate surface area is 125 Å². The highest BCUT2D eigenvalue weighted by Gasteiger charge is 2.13. The van der Waals surface area contributed by atoms with E-state index in [1.807, 2.05) is 12.1 Å². The third-order valence-electron chi connectivity index (χ3n) is 2.59. The van der Waals surface area contributed by atoms with Crippen molar-refractivity contribution >= 4 is 46.4 Å². The van der Waals surface area contributed by atoms with Crippen LogP contribution in [0.1, 0.15) is 5.56 Å². The molecule has 0 radical (unpaired) electrons. The van der Waals surface area contributed by atoms with Crippen LogP contribution in [0.15, 0.2) is 30.3 Å². The molecule has 2 N–H and O–H groups in total.